The molecule has 1 aliphatic heterocycles. The molecule has 0 amide bonds. The molecule has 2 N–H and O–H groups in total. The normalized spacial score (nSPS) is 24.6. The molecule has 2 atom stereocenters. The van der Waals surface area contributed by atoms with Gasteiger partial charge in [0.2, 0.25) is 0 Å². The Kier molecular flexibility index (Phi) is 3.52. The summed E-state index contributed by atoms with van der Waals surface area (Å²) in [5, 5.41) is 12.8. The van der Waals surface area contributed by atoms with E-state index in [1.54, 1.807) is 0 Å². The second kappa shape index (κ2) is 4.73. The van der Waals surface area contributed by atoms with E-state index in [9.17, 15) is 4.79 Å². The van der Waals surface area contributed by atoms with Crippen molar-refractivity contribution in [1.82, 2.24) is 5.32 Å². The van der Waals surface area contributed by atoms with Gasteiger partial charge in [-0.3, -0.25) is 4.79 Å². The van der Waals surface area contributed by atoms with Crippen molar-refractivity contribution in [3.8, 4) is 0 Å². The first-order chi connectivity index (χ1) is 7.58. The summed E-state index contributed by atoms with van der Waals surface area (Å²) in [5.41, 5.74) is 0.958. The summed E-state index contributed by atoms with van der Waals surface area (Å²) >= 11 is 9.48. The Bertz CT molecular complexity index is 424. The van der Waals surface area contributed by atoms with Crippen LogP contribution in [-0.2, 0) is 4.79 Å². The van der Waals surface area contributed by atoms with Crippen molar-refractivity contribution in [2.45, 2.75) is 12.5 Å². The summed E-state index contributed by atoms with van der Waals surface area (Å²) < 4.78 is 0.951. The largest absolute Gasteiger partial charge is 0.481 e. The maximum atomic E-state index is 10.8. The Labute approximate surface area is 107 Å². The van der Waals surface area contributed by atoms with Gasteiger partial charge in [-0.1, -0.05) is 27.5 Å². The molecule has 5 heteroatoms. The number of halogens is 2. The predicted molar refractivity (Wildman–Crippen MR) is 65.6 cm³/mol. The molecule has 0 aliphatic carbocycles. The van der Waals surface area contributed by atoms with Crippen molar-refractivity contribution >= 4 is 33.5 Å². The lowest BCUT2D eigenvalue weighted by Crippen LogP contribution is -2.17. The molecule has 2 unspecified atom stereocenters. The molecule has 86 valence electrons. The van der Waals surface area contributed by atoms with Crippen LogP contribution in [0.1, 0.15) is 18.0 Å². The highest BCUT2D eigenvalue weighted by molar-refractivity contribution is 9.10. The van der Waals surface area contributed by atoms with Crippen LogP contribution >= 0.6 is 27.5 Å². The Balaban J connectivity index is 2.20. The Morgan fingerprint density at radius 1 is 1.56 bits per heavy atom. The number of carboxylic acid groups (broad SMARTS) is 1. The van der Waals surface area contributed by atoms with Crippen LogP contribution in [0.15, 0.2) is 22.7 Å². The summed E-state index contributed by atoms with van der Waals surface area (Å²) in [6.07, 6.45) is 0.589. The monoisotopic (exact) mass is 303 g/mol. The summed E-state index contributed by atoms with van der Waals surface area (Å²) in [6, 6.07) is 5.65. The molecule has 0 saturated carbocycles. The molecule has 2 rings (SSSR count). The van der Waals surface area contributed by atoms with E-state index in [0.717, 1.165) is 10.0 Å². The Hall–Kier alpha value is -0.580. The van der Waals surface area contributed by atoms with E-state index < -0.39 is 5.97 Å². The standard InChI is InChI=1S/C11H11BrClNO2/c12-7-1-2-9(13)8(4-7)10-3-6(5-14-10)11(15)16/h1-2,4,6,10,14H,3,5H2,(H,15,16). The molecule has 0 spiro atoms. The SMILES string of the molecule is O=C(O)C1CNC(c2cc(Br)ccc2Cl)C1. The lowest BCUT2D eigenvalue weighted by Gasteiger charge is -2.12. The first-order valence-corrected chi connectivity index (χ1v) is 6.16. The van der Waals surface area contributed by atoms with E-state index in [2.05, 4.69) is 21.2 Å². The molecule has 1 heterocycles. The lowest BCUT2D eigenvalue weighted by molar-refractivity contribution is -0.141. The molecule has 1 aliphatic rings. The Morgan fingerprint density at radius 3 is 2.94 bits per heavy atom. The highest BCUT2D eigenvalue weighted by Gasteiger charge is 2.31. The van der Waals surface area contributed by atoms with Crippen LogP contribution < -0.4 is 5.32 Å². The number of aliphatic carboxylic acids is 1. The minimum Gasteiger partial charge on any atom is -0.481 e. The van der Waals surface area contributed by atoms with Crippen molar-refractivity contribution < 1.29 is 9.90 Å². The van der Waals surface area contributed by atoms with E-state index >= 15 is 0 Å². The molecule has 3 nitrogen and oxygen atoms in total. The first kappa shape index (κ1) is 11.9. The summed E-state index contributed by atoms with van der Waals surface area (Å²) in [4.78, 5) is 10.8. The van der Waals surface area contributed by atoms with Crippen LogP contribution in [-0.4, -0.2) is 17.6 Å². The molecule has 0 bridgehead atoms. The number of benzene rings is 1. The highest BCUT2D eigenvalue weighted by Crippen LogP contribution is 2.33. The van der Waals surface area contributed by atoms with Gasteiger partial charge in [-0.2, -0.15) is 0 Å². The van der Waals surface area contributed by atoms with E-state index in [1.165, 1.54) is 0 Å². The maximum absolute atomic E-state index is 10.8. The lowest BCUT2D eigenvalue weighted by atomic mass is 10.0. The average Bonchev–Trinajstić information content (AvgIpc) is 2.70. The van der Waals surface area contributed by atoms with Gasteiger partial charge in [-0.15, -0.1) is 0 Å². The molecule has 1 aromatic carbocycles. The third kappa shape index (κ3) is 2.39. The third-order valence-electron chi connectivity index (χ3n) is 2.81. The summed E-state index contributed by atoms with van der Waals surface area (Å²) in [5.74, 6) is -1.07. The highest BCUT2D eigenvalue weighted by atomic mass is 79.9. The molecule has 16 heavy (non-hydrogen) atoms. The van der Waals surface area contributed by atoms with Gasteiger partial charge in [-0.25, -0.2) is 0 Å². The number of hydrogen-bond donors (Lipinski definition) is 2. The van der Waals surface area contributed by atoms with Crippen LogP contribution in [0.4, 0.5) is 0 Å². The van der Waals surface area contributed by atoms with E-state index in [-0.39, 0.29) is 12.0 Å². The van der Waals surface area contributed by atoms with Gasteiger partial charge in [0.15, 0.2) is 0 Å². The van der Waals surface area contributed by atoms with Crippen molar-refractivity contribution in [2.24, 2.45) is 5.92 Å². The van der Waals surface area contributed by atoms with Crippen LogP contribution in [0.3, 0.4) is 0 Å². The summed E-state index contributed by atoms with van der Waals surface area (Å²) in [6.45, 7) is 0.503. The number of nitrogens with one attached hydrogen (secondary N) is 1. The maximum Gasteiger partial charge on any atom is 0.307 e. The van der Waals surface area contributed by atoms with E-state index in [1.807, 2.05) is 18.2 Å². The van der Waals surface area contributed by atoms with Gasteiger partial charge in [0, 0.05) is 22.1 Å². The zero-order valence-electron chi connectivity index (χ0n) is 8.41. The third-order valence-corrected chi connectivity index (χ3v) is 3.65. The van der Waals surface area contributed by atoms with Gasteiger partial charge in [0.25, 0.3) is 0 Å². The molecule has 1 aromatic rings. The molecule has 0 radical (unpaired) electrons. The fraction of sp³-hybridized carbons (Fsp3) is 0.364. The molecule has 1 fully saturated rings. The quantitative estimate of drug-likeness (QED) is 0.883. The van der Waals surface area contributed by atoms with Crippen molar-refractivity contribution in [3.05, 3.63) is 33.3 Å². The van der Waals surface area contributed by atoms with E-state index in [4.69, 9.17) is 16.7 Å². The molecule has 1 saturated heterocycles. The van der Waals surface area contributed by atoms with Crippen molar-refractivity contribution in [2.75, 3.05) is 6.54 Å². The zero-order chi connectivity index (χ0) is 11.7. The second-order valence-corrected chi connectivity index (χ2v) is 5.22. The molecular weight excluding hydrogens is 293 g/mol. The number of hydrogen-bond acceptors (Lipinski definition) is 2. The smallest absolute Gasteiger partial charge is 0.307 e. The predicted octanol–water partition coefficient (Wildman–Crippen LogP) is 2.84. The second-order valence-electron chi connectivity index (χ2n) is 3.90. The molecule has 0 aromatic heterocycles. The van der Waals surface area contributed by atoms with Crippen LogP contribution in [0.25, 0.3) is 0 Å². The molecular formula is C11H11BrClNO2. The minimum absolute atomic E-state index is 0.0334. The number of carboxylic acids is 1. The van der Waals surface area contributed by atoms with Gasteiger partial charge in [0.1, 0.15) is 0 Å². The first-order valence-electron chi connectivity index (χ1n) is 4.99. The van der Waals surface area contributed by atoms with Crippen LogP contribution in [0, 0.1) is 5.92 Å². The van der Waals surface area contributed by atoms with Gasteiger partial charge in [-0.05, 0) is 30.2 Å². The van der Waals surface area contributed by atoms with Crippen molar-refractivity contribution in [1.29, 1.82) is 0 Å². The minimum atomic E-state index is -0.749. The fourth-order valence-electron chi connectivity index (χ4n) is 1.94. The van der Waals surface area contributed by atoms with Crippen LogP contribution in [0.5, 0.6) is 0 Å². The van der Waals surface area contributed by atoms with Gasteiger partial charge < -0.3 is 10.4 Å². The summed E-state index contributed by atoms with van der Waals surface area (Å²) in [7, 11) is 0. The van der Waals surface area contributed by atoms with E-state index in [0.29, 0.717) is 18.0 Å². The zero-order valence-corrected chi connectivity index (χ0v) is 10.8. The topological polar surface area (TPSA) is 49.3 Å². The Morgan fingerprint density at radius 2 is 2.31 bits per heavy atom. The van der Waals surface area contributed by atoms with Crippen LogP contribution in [0.2, 0.25) is 5.02 Å². The number of carbonyl (C=O) groups is 1. The fourth-order valence-corrected chi connectivity index (χ4v) is 2.57. The van der Waals surface area contributed by atoms with Gasteiger partial charge in [0.05, 0.1) is 5.92 Å². The average molecular weight is 305 g/mol. The van der Waals surface area contributed by atoms with Gasteiger partial charge >= 0.3 is 5.97 Å². The number of rotatable bonds is 2. The van der Waals surface area contributed by atoms with Crippen molar-refractivity contribution in [3.63, 3.8) is 0 Å².